The quantitative estimate of drug-likeness (QED) is 0.136. The summed E-state index contributed by atoms with van der Waals surface area (Å²) in [6, 6.07) is 19.9. The zero-order valence-electron chi connectivity index (χ0n) is 24.9. The molecule has 49 heavy (non-hydrogen) atoms. The van der Waals surface area contributed by atoms with Gasteiger partial charge in [-0.05, 0) is 92.7 Å². The van der Waals surface area contributed by atoms with E-state index in [1.165, 1.54) is 12.7 Å². The largest absolute Gasteiger partial charge is 0.345 e. The van der Waals surface area contributed by atoms with Gasteiger partial charge in [-0.3, -0.25) is 9.97 Å². The minimum atomic E-state index is 0.401. The Bertz CT molecular complexity index is 2570. The van der Waals surface area contributed by atoms with Crippen molar-refractivity contribution in [3.63, 3.8) is 0 Å². The molecule has 6 aromatic heterocycles. The molecule has 8 aromatic rings. The molecule has 15 heteroatoms. The normalized spacial score (nSPS) is 10.7. The molecule has 0 atom stereocenters. The van der Waals surface area contributed by atoms with Crippen LogP contribution in [0.15, 0.2) is 86.0 Å². The minimum Gasteiger partial charge on any atom is -0.345 e. The van der Waals surface area contributed by atoms with Crippen LogP contribution in [0, 0.1) is 29.8 Å². The number of fused-ring (bicyclic) bond motifs is 4. The van der Waals surface area contributed by atoms with E-state index in [9.17, 15) is 5.26 Å². The van der Waals surface area contributed by atoms with Crippen LogP contribution in [0.4, 0.5) is 0 Å². The SMILES string of the molecule is ClCc1ccc2ncc(Cl)cc2c1.N#Cc1ncnc2[nH]cc(I)c12.N#Cc1ncnc2c1c(I)cn2Cc1ccc2ncc(Cl)cc2c1. The van der Waals surface area contributed by atoms with Gasteiger partial charge in [0.25, 0.3) is 0 Å². The van der Waals surface area contributed by atoms with Gasteiger partial charge in [0.15, 0.2) is 11.4 Å². The molecule has 10 nitrogen and oxygen atoms in total. The van der Waals surface area contributed by atoms with Crippen molar-refractivity contribution in [3.05, 3.63) is 126 Å². The smallest absolute Gasteiger partial charge is 0.154 e. The molecule has 0 saturated carbocycles. The molecule has 0 unspecified atom stereocenters. The third-order valence-corrected chi connectivity index (χ3v) is 9.56. The molecule has 6 heterocycles. The van der Waals surface area contributed by atoms with Gasteiger partial charge in [0, 0.05) is 55.1 Å². The molecule has 0 radical (unpaired) electrons. The predicted molar refractivity (Wildman–Crippen MR) is 208 cm³/mol. The molecule has 0 aliphatic heterocycles. The van der Waals surface area contributed by atoms with Crippen molar-refractivity contribution < 1.29 is 0 Å². The average Bonchev–Trinajstić information content (AvgIpc) is 3.66. The summed E-state index contributed by atoms with van der Waals surface area (Å²) in [5.41, 5.74) is 6.34. The van der Waals surface area contributed by atoms with E-state index in [0.717, 1.165) is 56.5 Å². The van der Waals surface area contributed by atoms with Crippen LogP contribution in [0.5, 0.6) is 0 Å². The van der Waals surface area contributed by atoms with Crippen molar-refractivity contribution >= 4 is 124 Å². The van der Waals surface area contributed by atoms with Gasteiger partial charge in [-0.25, -0.2) is 19.9 Å². The van der Waals surface area contributed by atoms with E-state index < -0.39 is 0 Å². The number of alkyl halides is 1. The van der Waals surface area contributed by atoms with Crippen LogP contribution in [0.1, 0.15) is 22.5 Å². The number of H-pyrrole nitrogens is 1. The summed E-state index contributed by atoms with van der Waals surface area (Å²) in [7, 11) is 0. The van der Waals surface area contributed by atoms with Crippen molar-refractivity contribution in [1.82, 2.24) is 39.5 Å². The maximum absolute atomic E-state index is 9.23. The third-order valence-electron chi connectivity index (χ3n) is 7.17. The van der Waals surface area contributed by atoms with Crippen LogP contribution in [0.25, 0.3) is 43.9 Å². The molecule has 0 amide bonds. The monoisotopic (exact) mass is 926 g/mol. The number of hydrogen-bond donors (Lipinski definition) is 1. The van der Waals surface area contributed by atoms with Crippen LogP contribution in [-0.4, -0.2) is 39.5 Å². The molecular weight excluding hydrogens is 909 g/mol. The minimum absolute atomic E-state index is 0.401. The summed E-state index contributed by atoms with van der Waals surface area (Å²) in [5.74, 6) is 0.516. The molecule has 0 aliphatic rings. The van der Waals surface area contributed by atoms with E-state index >= 15 is 0 Å². The second kappa shape index (κ2) is 15.6. The molecule has 0 fully saturated rings. The topological polar surface area (TPSA) is 146 Å². The zero-order chi connectivity index (χ0) is 34.5. The lowest BCUT2D eigenvalue weighted by Gasteiger charge is -2.06. The summed E-state index contributed by atoms with van der Waals surface area (Å²) in [6.45, 7) is 0.643. The number of hydrogen-bond acceptors (Lipinski definition) is 8. The lowest BCUT2D eigenvalue weighted by atomic mass is 10.1. The second-order valence-electron chi connectivity index (χ2n) is 10.3. The highest BCUT2D eigenvalue weighted by Gasteiger charge is 2.13. The lowest BCUT2D eigenvalue weighted by Crippen LogP contribution is -2.00. The molecule has 2 aromatic carbocycles. The highest BCUT2D eigenvalue weighted by atomic mass is 127. The van der Waals surface area contributed by atoms with Crippen molar-refractivity contribution in [3.8, 4) is 12.1 Å². The van der Waals surface area contributed by atoms with Crippen LogP contribution >= 0.6 is 80.0 Å². The maximum Gasteiger partial charge on any atom is 0.154 e. The van der Waals surface area contributed by atoms with E-state index in [1.807, 2.05) is 59.3 Å². The van der Waals surface area contributed by atoms with E-state index in [4.69, 9.17) is 40.1 Å². The summed E-state index contributed by atoms with van der Waals surface area (Å²) in [5, 5.41) is 22.9. The maximum atomic E-state index is 9.23. The first-order valence-corrected chi connectivity index (χ1v) is 17.6. The Kier molecular flexibility index (Phi) is 11.0. The fraction of sp³-hybridized carbons (Fsp3) is 0.0588. The van der Waals surface area contributed by atoms with Gasteiger partial charge >= 0.3 is 0 Å². The van der Waals surface area contributed by atoms with Crippen LogP contribution in [0.2, 0.25) is 10.0 Å². The molecule has 0 spiro atoms. The van der Waals surface area contributed by atoms with Crippen LogP contribution < -0.4 is 0 Å². The van der Waals surface area contributed by atoms with Crippen LogP contribution in [-0.2, 0) is 12.4 Å². The lowest BCUT2D eigenvalue weighted by molar-refractivity contribution is 0.823. The van der Waals surface area contributed by atoms with E-state index in [2.05, 4.69) is 92.2 Å². The Morgan fingerprint density at radius 3 is 1.94 bits per heavy atom. The Morgan fingerprint density at radius 1 is 0.714 bits per heavy atom. The molecule has 8 rings (SSSR count). The van der Waals surface area contributed by atoms with Crippen LogP contribution in [0.3, 0.4) is 0 Å². The summed E-state index contributed by atoms with van der Waals surface area (Å²) in [6.07, 6.45) is 9.89. The highest BCUT2D eigenvalue weighted by Crippen LogP contribution is 2.26. The van der Waals surface area contributed by atoms with Gasteiger partial charge in [0.2, 0.25) is 0 Å². The van der Waals surface area contributed by atoms with E-state index in [-0.39, 0.29) is 0 Å². The third kappa shape index (κ3) is 7.84. The predicted octanol–water partition coefficient (Wildman–Crippen LogP) is 9.22. The second-order valence-corrected chi connectivity index (χ2v) is 13.8. The first-order chi connectivity index (χ1) is 23.8. The van der Waals surface area contributed by atoms with Gasteiger partial charge in [0.05, 0.1) is 31.9 Å². The standard InChI is InChI=1S/C17H9ClIN5.C10H7Cl2N.C7H3IN4/c18-12-4-11-3-10(1-2-14(11)21-6-12)7-24-8-13(19)16-15(5-20)22-9-23-17(16)24;11-5-7-1-2-10-8(3-7)4-9(12)6-13-10;8-4-2-10-7-6(4)5(1-9)11-3-12-7/h1-4,6,8-9H,7H2;1-4,6H,5H2;2-3H,(H,10,11,12). The molecular formula is C34H19Cl3I2N10. The van der Waals surface area contributed by atoms with Gasteiger partial charge < -0.3 is 9.55 Å². The first kappa shape index (κ1) is 34.7. The first-order valence-electron chi connectivity index (χ1n) is 14.2. The van der Waals surface area contributed by atoms with Gasteiger partial charge in [-0.15, -0.1) is 11.6 Å². The summed E-state index contributed by atoms with van der Waals surface area (Å²) >= 11 is 21.9. The van der Waals surface area contributed by atoms with E-state index in [1.54, 1.807) is 18.6 Å². The van der Waals surface area contributed by atoms with E-state index in [0.29, 0.717) is 39.5 Å². The van der Waals surface area contributed by atoms with Gasteiger partial charge in [-0.2, -0.15) is 10.5 Å². The Morgan fingerprint density at radius 2 is 1.31 bits per heavy atom. The number of benzene rings is 2. The number of aromatic nitrogens is 8. The molecule has 1 N–H and O–H groups in total. The number of nitrogens with zero attached hydrogens (tertiary/aromatic N) is 9. The van der Waals surface area contributed by atoms with Crippen molar-refractivity contribution in [2.24, 2.45) is 0 Å². The van der Waals surface area contributed by atoms with Crippen molar-refractivity contribution in [2.75, 3.05) is 0 Å². The zero-order valence-corrected chi connectivity index (χ0v) is 31.5. The molecule has 240 valence electrons. The molecule has 0 aliphatic carbocycles. The highest BCUT2D eigenvalue weighted by molar-refractivity contribution is 14.1. The molecule has 0 bridgehead atoms. The van der Waals surface area contributed by atoms with Gasteiger partial charge in [0.1, 0.15) is 36.1 Å². The fourth-order valence-corrected chi connectivity index (χ4v) is 6.98. The fourth-order valence-electron chi connectivity index (χ4n) is 4.98. The van der Waals surface area contributed by atoms with Crippen molar-refractivity contribution in [2.45, 2.75) is 12.4 Å². The summed E-state index contributed by atoms with van der Waals surface area (Å²) in [4.78, 5) is 27.7. The Balaban J connectivity index is 0.000000140. The number of rotatable bonds is 3. The number of halogens is 5. The number of nitriles is 2. The number of pyridine rings is 2. The Labute approximate surface area is 321 Å². The number of aromatic amines is 1. The number of nitrogens with one attached hydrogen (secondary N) is 1. The van der Waals surface area contributed by atoms with Crippen molar-refractivity contribution in [1.29, 1.82) is 10.5 Å². The molecule has 0 saturated heterocycles. The Hall–Kier alpha value is -4.19. The summed E-state index contributed by atoms with van der Waals surface area (Å²) < 4.78 is 3.96. The average molecular weight is 928 g/mol. The van der Waals surface area contributed by atoms with Gasteiger partial charge in [-0.1, -0.05) is 35.3 Å².